The Morgan fingerprint density at radius 2 is 2.40 bits per heavy atom. The number of ether oxygens (including phenoxy) is 1. The van der Waals surface area contributed by atoms with Crippen LogP contribution in [0.1, 0.15) is 22.7 Å². The fourth-order valence-electron chi connectivity index (χ4n) is 1.25. The van der Waals surface area contributed by atoms with Crippen LogP contribution in [-0.4, -0.2) is 19.6 Å². The first kappa shape index (κ1) is 12.7. The van der Waals surface area contributed by atoms with Crippen LogP contribution in [-0.2, 0) is 9.53 Å². The summed E-state index contributed by atoms with van der Waals surface area (Å²) < 4.78 is 5.79. The molecule has 1 atom stereocenters. The van der Waals surface area contributed by atoms with Crippen molar-refractivity contribution in [3.05, 3.63) is 20.3 Å². The van der Waals surface area contributed by atoms with Crippen molar-refractivity contribution in [2.75, 3.05) is 13.7 Å². The van der Waals surface area contributed by atoms with Crippen molar-refractivity contribution in [2.45, 2.75) is 19.9 Å². The molecule has 0 saturated heterocycles. The molecule has 1 N–H and O–H groups in total. The smallest absolute Gasteiger partial charge is 0.328 e. The molecular formula is C10H14BrNO2S. The van der Waals surface area contributed by atoms with Gasteiger partial charge in [-0.15, -0.1) is 11.3 Å². The van der Waals surface area contributed by atoms with Crippen molar-refractivity contribution in [3.8, 4) is 0 Å². The molecule has 0 fully saturated rings. The molecule has 1 rings (SSSR count). The average Bonchev–Trinajstić information content (AvgIpc) is 2.54. The lowest BCUT2D eigenvalue weighted by Gasteiger charge is -2.13. The molecule has 15 heavy (non-hydrogen) atoms. The van der Waals surface area contributed by atoms with E-state index in [1.54, 1.807) is 11.3 Å². The Labute approximate surface area is 102 Å². The van der Waals surface area contributed by atoms with Crippen LogP contribution in [0.5, 0.6) is 0 Å². The zero-order valence-electron chi connectivity index (χ0n) is 8.96. The summed E-state index contributed by atoms with van der Waals surface area (Å²) in [6.07, 6.45) is 0. The molecule has 0 aliphatic carbocycles. The number of hydrogen-bond acceptors (Lipinski definition) is 4. The van der Waals surface area contributed by atoms with Crippen LogP contribution in [0.2, 0.25) is 0 Å². The number of carbonyl (C=O) groups excluding carboxylic acids is 1. The molecule has 1 unspecified atom stereocenters. The maximum absolute atomic E-state index is 11.5. The van der Waals surface area contributed by atoms with E-state index in [1.165, 1.54) is 7.11 Å². The third-order valence-corrected chi connectivity index (χ3v) is 4.21. The molecule has 0 saturated carbocycles. The maximum atomic E-state index is 11.5. The molecule has 1 aromatic heterocycles. The summed E-state index contributed by atoms with van der Waals surface area (Å²) in [5.41, 5.74) is 0. The van der Waals surface area contributed by atoms with Gasteiger partial charge in [0.05, 0.1) is 7.11 Å². The zero-order chi connectivity index (χ0) is 11.4. The van der Waals surface area contributed by atoms with Gasteiger partial charge in [0, 0.05) is 14.2 Å². The van der Waals surface area contributed by atoms with Crippen LogP contribution in [0.3, 0.4) is 0 Å². The van der Waals surface area contributed by atoms with Crippen LogP contribution in [0.15, 0.2) is 10.5 Å². The van der Waals surface area contributed by atoms with Gasteiger partial charge in [0.15, 0.2) is 0 Å². The summed E-state index contributed by atoms with van der Waals surface area (Å²) >= 11 is 5.03. The Morgan fingerprint density at radius 3 is 2.80 bits per heavy atom. The zero-order valence-corrected chi connectivity index (χ0v) is 11.4. The summed E-state index contributed by atoms with van der Waals surface area (Å²) in [7, 11) is 1.40. The van der Waals surface area contributed by atoms with E-state index in [0.29, 0.717) is 0 Å². The van der Waals surface area contributed by atoms with Gasteiger partial charge in [-0.3, -0.25) is 0 Å². The third-order valence-electron chi connectivity index (χ3n) is 2.01. The highest BCUT2D eigenvalue weighted by Gasteiger charge is 2.22. The number of likely N-dealkylation sites (N-methyl/N-ethyl adjacent to an activating group) is 1. The highest BCUT2D eigenvalue weighted by Crippen LogP contribution is 2.31. The Morgan fingerprint density at radius 1 is 1.73 bits per heavy atom. The SMILES string of the molecule is CCNC(C(=O)OC)c1cc(Br)c(C)s1. The number of nitrogens with one attached hydrogen (secondary N) is 1. The van der Waals surface area contributed by atoms with Gasteiger partial charge >= 0.3 is 5.97 Å². The first-order chi connectivity index (χ1) is 7.10. The van der Waals surface area contributed by atoms with E-state index in [1.807, 2.05) is 19.9 Å². The van der Waals surface area contributed by atoms with Gasteiger partial charge in [-0.05, 0) is 35.5 Å². The molecule has 0 aromatic carbocycles. The lowest BCUT2D eigenvalue weighted by Crippen LogP contribution is -2.28. The Kier molecular flexibility index (Phi) is 4.76. The van der Waals surface area contributed by atoms with Crippen molar-refractivity contribution in [1.29, 1.82) is 0 Å². The van der Waals surface area contributed by atoms with Crippen molar-refractivity contribution in [3.63, 3.8) is 0 Å². The number of rotatable bonds is 4. The van der Waals surface area contributed by atoms with E-state index in [4.69, 9.17) is 4.74 Å². The Hall–Kier alpha value is -0.390. The highest BCUT2D eigenvalue weighted by atomic mass is 79.9. The van der Waals surface area contributed by atoms with E-state index in [-0.39, 0.29) is 12.0 Å². The van der Waals surface area contributed by atoms with E-state index in [0.717, 1.165) is 20.8 Å². The number of aryl methyl sites for hydroxylation is 1. The van der Waals surface area contributed by atoms with Crippen LogP contribution in [0.25, 0.3) is 0 Å². The normalized spacial score (nSPS) is 12.5. The number of esters is 1. The maximum Gasteiger partial charge on any atom is 0.328 e. The van der Waals surface area contributed by atoms with Crippen LogP contribution < -0.4 is 5.32 Å². The Balaban J connectivity index is 2.93. The minimum Gasteiger partial charge on any atom is -0.468 e. The standard InChI is InChI=1S/C10H14BrNO2S/c1-4-12-9(10(13)14-3)8-5-7(11)6(2)15-8/h5,9,12H,4H2,1-3H3. The predicted octanol–water partition coefficient (Wildman–Crippen LogP) is 2.64. The summed E-state index contributed by atoms with van der Waals surface area (Å²) in [5, 5.41) is 3.11. The minimum atomic E-state index is -0.352. The fourth-order valence-corrected chi connectivity index (χ4v) is 2.87. The van der Waals surface area contributed by atoms with Crippen molar-refractivity contribution in [1.82, 2.24) is 5.32 Å². The van der Waals surface area contributed by atoms with Crippen molar-refractivity contribution < 1.29 is 9.53 Å². The third kappa shape index (κ3) is 3.03. The summed E-state index contributed by atoms with van der Waals surface area (Å²) in [6, 6.07) is 1.61. The number of hydrogen-bond donors (Lipinski definition) is 1. The first-order valence-electron chi connectivity index (χ1n) is 4.67. The van der Waals surface area contributed by atoms with E-state index >= 15 is 0 Å². The van der Waals surface area contributed by atoms with Crippen LogP contribution in [0, 0.1) is 6.92 Å². The summed E-state index contributed by atoms with van der Waals surface area (Å²) in [6.45, 7) is 4.71. The number of thiophene rings is 1. The minimum absolute atomic E-state index is 0.245. The van der Waals surface area contributed by atoms with Gasteiger partial charge in [-0.25, -0.2) is 4.79 Å². The van der Waals surface area contributed by atoms with Gasteiger partial charge in [0.25, 0.3) is 0 Å². The summed E-state index contributed by atoms with van der Waals surface area (Å²) in [5.74, 6) is -0.245. The second-order valence-corrected chi connectivity index (χ2v) is 5.21. The number of carbonyl (C=O) groups is 1. The van der Waals surface area contributed by atoms with Gasteiger partial charge in [-0.1, -0.05) is 6.92 Å². The van der Waals surface area contributed by atoms with Crippen LogP contribution in [0.4, 0.5) is 0 Å². The molecule has 1 heterocycles. The van der Waals surface area contributed by atoms with Gasteiger partial charge in [-0.2, -0.15) is 0 Å². The molecule has 3 nitrogen and oxygen atoms in total. The molecule has 0 amide bonds. The van der Waals surface area contributed by atoms with Gasteiger partial charge in [0.2, 0.25) is 0 Å². The lowest BCUT2D eigenvalue weighted by atomic mass is 10.2. The molecule has 0 aliphatic rings. The molecule has 5 heteroatoms. The molecule has 0 radical (unpaired) electrons. The molecule has 1 aromatic rings. The van der Waals surface area contributed by atoms with Crippen LogP contribution >= 0.6 is 27.3 Å². The molecule has 0 spiro atoms. The van der Waals surface area contributed by atoms with E-state index in [2.05, 4.69) is 21.2 Å². The van der Waals surface area contributed by atoms with E-state index in [9.17, 15) is 4.79 Å². The first-order valence-corrected chi connectivity index (χ1v) is 6.28. The topological polar surface area (TPSA) is 38.3 Å². The molecule has 0 aliphatic heterocycles. The lowest BCUT2D eigenvalue weighted by molar-refractivity contribution is -0.143. The largest absolute Gasteiger partial charge is 0.468 e. The Bertz CT molecular complexity index is 332. The molecule has 0 bridgehead atoms. The quantitative estimate of drug-likeness (QED) is 0.867. The van der Waals surface area contributed by atoms with E-state index < -0.39 is 0 Å². The summed E-state index contributed by atoms with van der Waals surface area (Å²) in [4.78, 5) is 13.7. The van der Waals surface area contributed by atoms with Gasteiger partial charge < -0.3 is 10.1 Å². The highest BCUT2D eigenvalue weighted by molar-refractivity contribution is 9.10. The van der Waals surface area contributed by atoms with Crippen molar-refractivity contribution in [2.24, 2.45) is 0 Å². The molecule has 84 valence electrons. The average molecular weight is 292 g/mol. The monoisotopic (exact) mass is 291 g/mol. The van der Waals surface area contributed by atoms with Crippen molar-refractivity contribution >= 4 is 33.2 Å². The number of halogens is 1. The predicted molar refractivity (Wildman–Crippen MR) is 65.2 cm³/mol. The number of methoxy groups -OCH3 is 1. The molecular weight excluding hydrogens is 278 g/mol. The second kappa shape index (κ2) is 5.63. The second-order valence-electron chi connectivity index (χ2n) is 3.07. The van der Waals surface area contributed by atoms with Gasteiger partial charge in [0.1, 0.15) is 6.04 Å². The fraction of sp³-hybridized carbons (Fsp3) is 0.500.